The van der Waals surface area contributed by atoms with Gasteiger partial charge in [-0.2, -0.15) is 0 Å². The van der Waals surface area contributed by atoms with E-state index in [1.54, 1.807) is 42.1 Å². The highest BCUT2D eigenvalue weighted by molar-refractivity contribution is 6.01. The number of aryl methyl sites for hydroxylation is 2. The predicted molar refractivity (Wildman–Crippen MR) is 94.3 cm³/mol. The highest BCUT2D eigenvalue weighted by atomic mass is 16.2. The van der Waals surface area contributed by atoms with Gasteiger partial charge in [0, 0.05) is 17.7 Å². The summed E-state index contributed by atoms with van der Waals surface area (Å²) in [6.07, 6.45) is 1.97. The molecule has 3 rings (SSSR count). The maximum atomic E-state index is 12.7. The molecule has 0 bridgehead atoms. The average Bonchev–Trinajstić information content (AvgIpc) is 2.98. The summed E-state index contributed by atoms with van der Waals surface area (Å²) in [6, 6.07) is 10.8. The number of rotatable bonds is 3. The van der Waals surface area contributed by atoms with Crippen LogP contribution in [0.4, 0.5) is 5.69 Å². The SMILES string of the molecule is CCC(=O)Nc1ccc(C(=O)n2cnc3cc(C)c(C)cc32)cc1. The van der Waals surface area contributed by atoms with Crippen LogP contribution < -0.4 is 5.32 Å². The second-order valence-corrected chi connectivity index (χ2v) is 5.82. The lowest BCUT2D eigenvalue weighted by molar-refractivity contribution is -0.115. The Morgan fingerprint density at radius 1 is 1.08 bits per heavy atom. The van der Waals surface area contributed by atoms with E-state index >= 15 is 0 Å². The molecule has 0 saturated carbocycles. The van der Waals surface area contributed by atoms with Gasteiger partial charge in [0.15, 0.2) is 0 Å². The zero-order valence-electron chi connectivity index (χ0n) is 14.0. The Labute approximate surface area is 140 Å². The first-order valence-electron chi connectivity index (χ1n) is 7.88. The van der Waals surface area contributed by atoms with Gasteiger partial charge in [-0.25, -0.2) is 4.98 Å². The lowest BCUT2D eigenvalue weighted by Gasteiger charge is -2.07. The van der Waals surface area contributed by atoms with E-state index in [2.05, 4.69) is 10.3 Å². The summed E-state index contributed by atoms with van der Waals surface area (Å²) < 4.78 is 1.56. The average molecular weight is 321 g/mol. The van der Waals surface area contributed by atoms with Crippen LogP contribution >= 0.6 is 0 Å². The van der Waals surface area contributed by atoms with E-state index in [9.17, 15) is 9.59 Å². The Hall–Kier alpha value is -2.95. The molecule has 0 radical (unpaired) electrons. The highest BCUT2D eigenvalue weighted by Crippen LogP contribution is 2.20. The zero-order valence-corrected chi connectivity index (χ0v) is 14.0. The van der Waals surface area contributed by atoms with Crippen molar-refractivity contribution in [2.75, 3.05) is 5.32 Å². The summed E-state index contributed by atoms with van der Waals surface area (Å²) in [6.45, 7) is 5.84. The second kappa shape index (κ2) is 6.28. The first kappa shape index (κ1) is 15.9. The van der Waals surface area contributed by atoms with Crippen LogP contribution in [-0.4, -0.2) is 21.4 Å². The number of nitrogens with one attached hydrogen (secondary N) is 1. The summed E-state index contributed by atoms with van der Waals surface area (Å²) in [4.78, 5) is 28.5. The van der Waals surface area contributed by atoms with Gasteiger partial charge in [0.1, 0.15) is 6.33 Å². The number of nitrogens with zero attached hydrogens (tertiary/aromatic N) is 2. The van der Waals surface area contributed by atoms with Crippen molar-refractivity contribution in [3.05, 3.63) is 59.4 Å². The minimum Gasteiger partial charge on any atom is -0.326 e. The van der Waals surface area contributed by atoms with Gasteiger partial charge in [-0.3, -0.25) is 14.2 Å². The van der Waals surface area contributed by atoms with Crippen molar-refractivity contribution in [3.8, 4) is 0 Å². The van der Waals surface area contributed by atoms with Crippen molar-refractivity contribution < 1.29 is 9.59 Å². The fraction of sp³-hybridized carbons (Fsp3) is 0.211. The minimum atomic E-state index is -0.144. The van der Waals surface area contributed by atoms with Gasteiger partial charge in [-0.15, -0.1) is 0 Å². The fourth-order valence-electron chi connectivity index (χ4n) is 2.51. The predicted octanol–water partition coefficient (Wildman–Crippen LogP) is 3.69. The van der Waals surface area contributed by atoms with E-state index in [1.165, 1.54) is 0 Å². The minimum absolute atomic E-state index is 0.0551. The number of amides is 1. The molecular formula is C19H19N3O2. The summed E-state index contributed by atoms with van der Waals surface area (Å²) in [5, 5.41) is 2.77. The molecule has 5 heteroatoms. The molecule has 2 aromatic carbocycles. The number of benzene rings is 2. The molecule has 0 aliphatic carbocycles. The Bertz CT molecular complexity index is 924. The number of anilines is 1. The molecule has 122 valence electrons. The molecule has 0 fully saturated rings. The molecule has 0 aliphatic heterocycles. The maximum Gasteiger partial charge on any atom is 0.263 e. The first-order valence-corrected chi connectivity index (χ1v) is 7.88. The van der Waals surface area contributed by atoms with Crippen LogP contribution in [0.2, 0.25) is 0 Å². The molecule has 0 aliphatic rings. The molecule has 1 N–H and O–H groups in total. The van der Waals surface area contributed by atoms with Gasteiger partial charge in [0.05, 0.1) is 11.0 Å². The first-order chi connectivity index (χ1) is 11.5. The highest BCUT2D eigenvalue weighted by Gasteiger charge is 2.13. The van der Waals surface area contributed by atoms with E-state index in [0.29, 0.717) is 17.7 Å². The van der Waals surface area contributed by atoms with Crippen LogP contribution in [0.15, 0.2) is 42.7 Å². The number of fused-ring (bicyclic) bond motifs is 1. The van der Waals surface area contributed by atoms with Gasteiger partial charge < -0.3 is 5.32 Å². The summed E-state index contributed by atoms with van der Waals surface area (Å²) in [5.74, 6) is -0.199. The van der Waals surface area contributed by atoms with Crippen LogP contribution in [0.3, 0.4) is 0 Å². The third-order valence-electron chi connectivity index (χ3n) is 4.12. The number of imidazole rings is 1. The Kier molecular flexibility index (Phi) is 4.16. The van der Waals surface area contributed by atoms with Crippen molar-refractivity contribution in [2.24, 2.45) is 0 Å². The van der Waals surface area contributed by atoms with E-state index in [4.69, 9.17) is 0 Å². The van der Waals surface area contributed by atoms with E-state index < -0.39 is 0 Å². The van der Waals surface area contributed by atoms with Crippen LogP contribution in [-0.2, 0) is 4.79 Å². The van der Waals surface area contributed by atoms with Gasteiger partial charge in [-0.05, 0) is 61.4 Å². The number of carbonyl (C=O) groups is 2. The monoisotopic (exact) mass is 321 g/mol. The van der Waals surface area contributed by atoms with Crippen LogP contribution in [0.1, 0.15) is 34.8 Å². The Balaban J connectivity index is 1.92. The summed E-state index contributed by atoms with van der Waals surface area (Å²) in [5.41, 5.74) is 5.10. The molecule has 3 aromatic rings. The van der Waals surface area contributed by atoms with Gasteiger partial charge >= 0.3 is 0 Å². The quantitative estimate of drug-likeness (QED) is 0.800. The smallest absolute Gasteiger partial charge is 0.263 e. The third kappa shape index (κ3) is 2.93. The summed E-state index contributed by atoms with van der Waals surface area (Å²) in [7, 11) is 0. The molecule has 0 spiro atoms. The van der Waals surface area contributed by atoms with Crippen molar-refractivity contribution in [1.82, 2.24) is 9.55 Å². The van der Waals surface area contributed by atoms with Crippen LogP contribution in [0.5, 0.6) is 0 Å². The molecule has 1 heterocycles. The molecule has 0 atom stereocenters. The van der Waals surface area contributed by atoms with Crippen LogP contribution in [0.25, 0.3) is 11.0 Å². The number of carbonyl (C=O) groups excluding carboxylic acids is 2. The second-order valence-electron chi connectivity index (χ2n) is 5.82. The van der Waals surface area contributed by atoms with Crippen molar-refractivity contribution in [1.29, 1.82) is 0 Å². The topological polar surface area (TPSA) is 64.0 Å². The molecule has 5 nitrogen and oxygen atoms in total. The normalized spacial score (nSPS) is 10.8. The van der Waals surface area contributed by atoms with E-state index in [1.807, 2.05) is 26.0 Å². The standard InChI is InChI=1S/C19H19N3O2/c1-4-18(23)21-15-7-5-14(6-8-15)19(24)22-11-20-16-9-12(2)13(3)10-17(16)22/h5-11H,4H2,1-3H3,(H,21,23). The van der Waals surface area contributed by atoms with Gasteiger partial charge in [0.25, 0.3) is 5.91 Å². The third-order valence-corrected chi connectivity index (χ3v) is 4.12. The molecule has 1 aromatic heterocycles. The number of hydrogen-bond acceptors (Lipinski definition) is 3. The summed E-state index contributed by atoms with van der Waals surface area (Å²) >= 11 is 0. The maximum absolute atomic E-state index is 12.7. The van der Waals surface area contributed by atoms with E-state index in [-0.39, 0.29) is 11.8 Å². The van der Waals surface area contributed by atoms with Gasteiger partial charge in [-0.1, -0.05) is 6.92 Å². The van der Waals surface area contributed by atoms with Gasteiger partial charge in [0.2, 0.25) is 5.91 Å². The Morgan fingerprint density at radius 3 is 2.42 bits per heavy atom. The zero-order chi connectivity index (χ0) is 17.3. The van der Waals surface area contributed by atoms with E-state index in [0.717, 1.165) is 22.2 Å². The fourth-order valence-corrected chi connectivity index (χ4v) is 2.51. The molecule has 1 amide bonds. The molecular weight excluding hydrogens is 302 g/mol. The largest absolute Gasteiger partial charge is 0.326 e. The number of aromatic nitrogens is 2. The molecule has 24 heavy (non-hydrogen) atoms. The molecule has 0 saturated heterocycles. The Morgan fingerprint density at radius 2 is 1.75 bits per heavy atom. The lowest BCUT2D eigenvalue weighted by atomic mass is 10.1. The van der Waals surface area contributed by atoms with Crippen molar-refractivity contribution >= 4 is 28.5 Å². The van der Waals surface area contributed by atoms with Crippen molar-refractivity contribution in [2.45, 2.75) is 27.2 Å². The van der Waals surface area contributed by atoms with Crippen molar-refractivity contribution in [3.63, 3.8) is 0 Å². The number of hydrogen-bond donors (Lipinski definition) is 1. The molecule has 0 unspecified atom stereocenters. The lowest BCUT2D eigenvalue weighted by Crippen LogP contribution is -2.12. The van der Waals surface area contributed by atoms with Crippen LogP contribution in [0, 0.1) is 13.8 Å².